The van der Waals surface area contributed by atoms with E-state index in [0.717, 1.165) is 12.1 Å². The molecule has 0 saturated carbocycles. The van der Waals surface area contributed by atoms with E-state index in [1.807, 2.05) is 0 Å². The summed E-state index contributed by atoms with van der Waals surface area (Å²) < 4.78 is 39.3. The standard InChI is InChI=1S/C16H14F3N3O2/c1-20-16(24)9-2-4-10(5-3-9)22-13(23)8-21-12-7-6-11(17)14(18)15(12)19/h2-7,21H,8H2,1H3,(H,20,24)(H,22,23). The summed E-state index contributed by atoms with van der Waals surface area (Å²) in [6, 6.07) is 7.87. The van der Waals surface area contributed by atoms with Gasteiger partial charge in [0, 0.05) is 18.3 Å². The molecule has 0 unspecified atom stereocenters. The summed E-state index contributed by atoms with van der Waals surface area (Å²) in [4.78, 5) is 23.2. The molecule has 0 atom stereocenters. The van der Waals surface area contributed by atoms with Crippen LogP contribution in [0.5, 0.6) is 0 Å². The minimum absolute atomic E-state index is 0.261. The number of carbonyl (C=O) groups is 2. The first-order chi connectivity index (χ1) is 11.4. The number of anilines is 2. The molecule has 8 heteroatoms. The molecular weight excluding hydrogens is 323 g/mol. The Labute approximate surface area is 135 Å². The molecule has 0 aliphatic carbocycles. The van der Waals surface area contributed by atoms with Crippen molar-refractivity contribution in [1.29, 1.82) is 0 Å². The molecule has 0 spiro atoms. The Bertz CT molecular complexity index is 764. The summed E-state index contributed by atoms with van der Waals surface area (Å²) in [5.41, 5.74) is 0.539. The molecule has 0 aliphatic rings. The first kappa shape index (κ1) is 17.3. The molecular formula is C16H14F3N3O2. The fourth-order valence-corrected chi connectivity index (χ4v) is 1.89. The van der Waals surface area contributed by atoms with E-state index in [-0.39, 0.29) is 18.1 Å². The fraction of sp³-hybridized carbons (Fsp3) is 0.125. The van der Waals surface area contributed by atoms with Crippen LogP contribution in [-0.4, -0.2) is 25.4 Å². The highest BCUT2D eigenvalue weighted by Gasteiger charge is 2.14. The van der Waals surface area contributed by atoms with Crippen molar-refractivity contribution in [2.24, 2.45) is 0 Å². The van der Waals surface area contributed by atoms with E-state index in [1.54, 1.807) is 0 Å². The number of hydrogen-bond donors (Lipinski definition) is 3. The van der Waals surface area contributed by atoms with Crippen molar-refractivity contribution in [2.75, 3.05) is 24.2 Å². The topological polar surface area (TPSA) is 70.2 Å². The highest BCUT2D eigenvalue weighted by atomic mass is 19.2. The van der Waals surface area contributed by atoms with Crippen LogP contribution in [0.15, 0.2) is 36.4 Å². The zero-order chi connectivity index (χ0) is 17.7. The van der Waals surface area contributed by atoms with E-state index < -0.39 is 23.4 Å². The molecule has 126 valence electrons. The lowest BCUT2D eigenvalue weighted by molar-refractivity contribution is -0.114. The Morgan fingerprint density at radius 1 is 0.958 bits per heavy atom. The van der Waals surface area contributed by atoms with Crippen LogP contribution in [0.25, 0.3) is 0 Å². The van der Waals surface area contributed by atoms with E-state index >= 15 is 0 Å². The number of hydrogen-bond acceptors (Lipinski definition) is 3. The molecule has 0 heterocycles. The van der Waals surface area contributed by atoms with Gasteiger partial charge in [0.25, 0.3) is 5.91 Å². The van der Waals surface area contributed by atoms with Gasteiger partial charge in [0.2, 0.25) is 5.91 Å². The Morgan fingerprint density at radius 2 is 1.62 bits per heavy atom. The van der Waals surface area contributed by atoms with E-state index in [9.17, 15) is 22.8 Å². The van der Waals surface area contributed by atoms with E-state index in [0.29, 0.717) is 11.3 Å². The number of amides is 2. The van der Waals surface area contributed by atoms with Gasteiger partial charge in [0.05, 0.1) is 12.2 Å². The Morgan fingerprint density at radius 3 is 2.25 bits per heavy atom. The lowest BCUT2D eigenvalue weighted by Crippen LogP contribution is -2.22. The first-order valence-corrected chi connectivity index (χ1v) is 6.91. The predicted molar refractivity (Wildman–Crippen MR) is 83.3 cm³/mol. The van der Waals surface area contributed by atoms with Crippen molar-refractivity contribution in [3.63, 3.8) is 0 Å². The van der Waals surface area contributed by atoms with E-state index in [4.69, 9.17) is 0 Å². The molecule has 0 fully saturated rings. The summed E-state index contributed by atoms with van der Waals surface area (Å²) in [7, 11) is 1.50. The van der Waals surface area contributed by atoms with Crippen LogP contribution >= 0.6 is 0 Å². The van der Waals surface area contributed by atoms with Gasteiger partial charge >= 0.3 is 0 Å². The SMILES string of the molecule is CNC(=O)c1ccc(NC(=O)CNc2ccc(F)c(F)c2F)cc1. The fourth-order valence-electron chi connectivity index (χ4n) is 1.89. The number of halogens is 3. The third-order valence-corrected chi connectivity index (χ3v) is 3.13. The average Bonchev–Trinajstić information content (AvgIpc) is 2.59. The number of nitrogens with one attached hydrogen (secondary N) is 3. The number of benzene rings is 2. The molecule has 2 aromatic carbocycles. The molecule has 0 bridgehead atoms. The van der Waals surface area contributed by atoms with Crippen LogP contribution < -0.4 is 16.0 Å². The Balaban J connectivity index is 1.94. The number of rotatable bonds is 5. The monoisotopic (exact) mass is 337 g/mol. The van der Waals surface area contributed by atoms with Crippen molar-refractivity contribution in [3.05, 3.63) is 59.4 Å². The molecule has 0 aromatic heterocycles. The maximum atomic E-state index is 13.4. The van der Waals surface area contributed by atoms with Gasteiger partial charge in [-0.05, 0) is 36.4 Å². The quantitative estimate of drug-likeness (QED) is 0.734. The highest BCUT2D eigenvalue weighted by Crippen LogP contribution is 2.19. The van der Waals surface area contributed by atoms with E-state index in [1.165, 1.54) is 31.3 Å². The lowest BCUT2D eigenvalue weighted by atomic mass is 10.2. The Hall–Kier alpha value is -3.03. The zero-order valence-electron chi connectivity index (χ0n) is 12.6. The molecule has 0 radical (unpaired) electrons. The van der Waals surface area contributed by atoms with Gasteiger partial charge in [-0.1, -0.05) is 0 Å². The van der Waals surface area contributed by atoms with Gasteiger partial charge < -0.3 is 16.0 Å². The minimum atomic E-state index is -1.61. The molecule has 3 N–H and O–H groups in total. The lowest BCUT2D eigenvalue weighted by Gasteiger charge is -2.09. The van der Waals surface area contributed by atoms with Gasteiger partial charge in [-0.15, -0.1) is 0 Å². The third-order valence-electron chi connectivity index (χ3n) is 3.13. The van der Waals surface area contributed by atoms with Crippen molar-refractivity contribution >= 4 is 23.2 Å². The second-order valence-electron chi connectivity index (χ2n) is 4.78. The van der Waals surface area contributed by atoms with Crippen LogP contribution in [-0.2, 0) is 4.79 Å². The molecule has 2 aromatic rings. The second-order valence-corrected chi connectivity index (χ2v) is 4.78. The van der Waals surface area contributed by atoms with Crippen molar-refractivity contribution in [1.82, 2.24) is 5.32 Å². The molecule has 2 amide bonds. The minimum Gasteiger partial charge on any atom is -0.374 e. The Kier molecular flexibility index (Phi) is 5.41. The van der Waals surface area contributed by atoms with E-state index in [2.05, 4.69) is 16.0 Å². The van der Waals surface area contributed by atoms with Gasteiger partial charge in [-0.25, -0.2) is 13.2 Å². The summed E-state index contributed by atoms with van der Waals surface area (Å²) in [6.45, 7) is -0.348. The zero-order valence-corrected chi connectivity index (χ0v) is 12.6. The van der Waals surface area contributed by atoms with Crippen LogP contribution in [0.4, 0.5) is 24.5 Å². The maximum Gasteiger partial charge on any atom is 0.251 e. The second kappa shape index (κ2) is 7.49. The van der Waals surface area contributed by atoms with Crippen LogP contribution in [0.1, 0.15) is 10.4 Å². The smallest absolute Gasteiger partial charge is 0.251 e. The molecule has 0 saturated heterocycles. The first-order valence-electron chi connectivity index (χ1n) is 6.91. The maximum absolute atomic E-state index is 13.4. The van der Waals surface area contributed by atoms with Crippen LogP contribution in [0.2, 0.25) is 0 Å². The predicted octanol–water partition coefficient (Wildman–Crippen LogP) is 2.51. The van der Waals surface area contributed by atoms with Crippen molar-refractivity contribution in [3.8, 4) is 0 Å². The van der Waals surface area contributed by atoms with Gasteiger partial charge in [-0.3, -0.25) is 9.59 Å². The average molecular weight is 337 g/mol. The van der Waals surface area contributed by atoms with Gasteiger partial charge in [0.15, 0.2) is 17.5 Å². The van der Waals surface area contributed by atoms with Gasteiger partial charge in [0.1, 0.15) is 0 Å². The van der Waals surface area contributed by atoms with Crippen LogP contribution in [0.3, 0.4) is 0 Å². The van der Waals surface area contributed by atoms with Crippen LogP contribution in [0, 0.1) is 17.5 Å². The summed E-state index contributed by atoms with van der Waals surface area (Å²) >= 11 is 0. The van der Waals surface area contributed by atoms with Crippen molar-refractivity contribution in [2.45, 2.75) is 0 Å². The number of carbonyl (C=O) groups excluding carboxylic acids is 2. The highest BCUT2D eigenvalue weighted by molar-refractivity contribution is 5.96. The summed E-state index contributed by atoms with van der Waals surface area (Å²) in [5.74, 6) is -5.09. The molecule has 0 aliphatic heterocycles. The summed E-state index contributed by atoms with van der Waals surface area (Å²) in [6.07, 6.45) is 0. The van der Waals surface area contributed by atoms with Crippen molar-refractivity contribution < 1.29 is 22.8 Å². The third kappa shape index (κ3) is 4.03. The molecule has 5 nitrogen and oxygen atoms in total. The van der Waals surface area contributed by atoms with Gasteiger partial charge in [-0.2, -0.15) is 0 Å². The largest absolute Gasteiger partial charge is 0.374 e. The normalized spacial score (nSPS) is 10.2. The summed E-state index contributed by atoms with van der Waals surface area (Å²) in [5, 5.41) is 7.36. The molecule has 2 rings (SSSR count). The molecule has 24 heavy (non-hydrogen) atoms.